The lowest BCUT2D eigenvalue weighted by atomic mass is 9.99. The molecule has 0 spiro atoms. The van der Waals surface area contributed by atoms with Crippen LogP contribution < -0.4 is 11.3 Å². The number of rotatable bonds is 4. The number of aryl methyl sites for hydroxylation is 1. The van der Waals surface area contributed by atoms with E-state index in [-0.39, 0.29) is 6.04 Å². The highest BCUT2D eigenvalue weighted by molar-refractivity contribution is 14.1. The first-order chi connectivity index (χ1) is 9.10. The lowest BCUT2D eigenvalue weighted by molar-refractivity contribution is 0.551. The number of halogens is 2. The van der Waals surface area contributed by atoms with E-state index in [1.54, 1.807) is 0 Å². The Morgan fingerprint density at radius 1 is 1.21 bits per heavy atom. The van der Waals surface area contributed by atoms with Crippen molar-refractivity contribution in [3.05, 3.63) is 67.2 Å². The molecule has 0 aliphatic heterocycles. The highest BCUT2D eigenvalue weighted by Gasteiger charge is 2.11. The first-order valence-electron chi connectivity index (χ1n) is 6.07. The molecule has 0 heterocycles. The van der Waals surface area contributed by atoms with E-state index in [1.807, 2.05) is 0 Å². The molecular weight excluding hydrogens is 415 g/mol. The Morgan fingerprint density at radius 2 is 1.89 bits per heavy atom. The maximum absolute atomic E-state index is 5.70. The number of hydrazine groups is 1. The molecule has 2 aromatic carbocycles. The second-order valence-corrected chi connectivity index (χ2v) is 6.66. The third-order valence-corrected chi connectivity index (χ3v) is 4.73. The van der Waals surface area contributed by atoms with Gasteiger partial charge >= 0.3 is 0 Å². The van der Waals surface area contributed by atoms with Crippen LogP contribution in [0.2, 0.25) is 0 Å². The molecule has 0 aliphatic carbocycles. The van der Waals surface area contributed by atoms with Gasteiger partial charge in [-0.25, -0.2) is 0 Å². The number of nitrogens with two attached hydrogens (primary N) is 1. The number of hydrogen-bond acceptors (Lipinski definition) is 2. The van der Waals surface area contributed by atoms with Crippen LogP contribution in [0.15, 0.2) is 46.9 Å². The van der Waals surface area contributed by atoms with Crippen LogP contribution in [-0.2, 0) is 6.42 Å². The lowest BCUT2D eigenvalue weighted by Crippen LogP contribution is -2.29. The van der Waals surface area contributed by atoms with Gasteiger partial charge in [-0.05, 0) is 70.8 Å². The van der Waals surface area contributed by atoms with Crippen LogP contribution in [0.25, 0.3) is 0 Å². The maximum Gasteiger partial charge on any atom is 0.0500 e. The first-order valence-corrected chi connectivity index (χ1v) is 7.94. The standard InChI is InChI=1S/C15H16BrIN2/c1-10-2-5-12(9-14(10)16)15(19-18)8-11-3-6-13(17)7-4-11/h2-7,9,15,19H,8,18H2,1H3. The molecule has 1 atom stereocenters. The molecular formula is C15H16BrIN2. The zero-order chi connectivity index (χ0) is 13.8. The third kappa shape index (κ3) is 4.02. The molecule has 2 rings (SSSR count). The second-order valence-electron chi connectivity index (χ2n) is 4.56. The van der Waals surface area contributed by atoms with Crippen LogP contribution in [0, 0.1) is 10.5 Å². The van der Waals surface area contributed by atoms with Crippen molar-refractivity contribution in [3.63, 3.8) is 0 Å². The highest BCUT2D eigenvalue weighted by Crippen LogP contribution is 2.24. The summed E-state index contributed by atoms with van der Waals surface area (Å²) in [5.41, 5.74) is 6.61. The summed E-state index contributed by atoms with van der Waals surface area (Å²) >= 11 is 5.88. The average Bonchev–Trinajstić information content (AvgIpc) is 2.41. The monoisotopic (exact) mass is 430 g/mol. The minimum absolute atomic E-state index is 0.122. The minimum atomic E-state index is 0.122. The van der Waals surface area contributed by atoms with Gasteiger partial charge in [0.05, 0.1) is 6.04 Å². The Hall–Kier alpha value is -0.430. The smallest absolute Gasteiger partial charge is 0.0500 e. The van der Waals surface area contributed by atoms with Gasteiger partial charge in [-0.2, -0.15) is 0 Å². The molecule has 3 N–H and O–H groups in total. The molecule has 0 aliphatic rings. The second kappa shape index (κ2) is 6.83. The van der Waals surface area contributed by atoms with E-state index in [1.165, 1.54) is 20.3 Å². The summed E-state index contributed by atoms with van der Waals surface area (Å²) in [5, 5.41) is 0. The Labute approximate surface area is 136 Å². The number of hydrogen-bond donors (Lipinski definition) is 2. The zero-order valence-electron chi connectivity index (χ0n) is 10.7. The quantitative estimate of drug-likeness (QED) is 0.435. The van der Waals surface area contributed by atoms with Crippen molar-refractivity contribution < 1.29 is 0 Å². The summed E-state index contributed by atoms with van der Waals surface area (Å²) in [5.74, 6) is 5.70. The van der Waals surface area contributed by atoms with Crippen molar-refractivity contribution in [3.8, 4) is 0 Å². The van der Waals surface area contributed by atoms with Gasteiger partial charge in [0, 0.05) is 8.04 Å². The topological polar surface area (TPSA) is 38.0 Å². The van der Waals surface area contributed by atoms with Gasteiger partial charge < -0.3 is 0 Å². The molecule has 4 heteroatoms. The van der Waals surface area contributed by atoms with Gasteiger partial charge in [0.1, 0.15) is 0 Å². The largest absolute Gasteiger partial charge is 0.271 e. The zero-order valence-corrected chi connectivity index (χ0v) is 14.4. The highest BCUT2D eigenvalue weighted by atomic mass is 127. The fourth-order valence-corrected chi connectivity index (χ4v) is 2.71. The molecule has 0 saturated heterocycles. The van der Waals surface area contributed by atoms with Crippen LogP contribution in [0.4, 0.5) is 0 Å². The Balaban J connectivity index is 2.19. The molecule has 0 fully saturated rings. The van der Waals surface area contributed by atoms with Crippen LogP contribution in [-0.4, -0.2) is 0 Å². The van der Waals surface area contributed by atoms with E-state index >= 15 is 0 Å². The molecule has 2 aromatic rings. The summed E-state index contributed by atoms with van der Waals surface area (Å²) in [6.45, 7) is 2.08. The van der Waals surface area contributed by atoms with E-state index in [0.717, 1.165) is 10.9 Å². The summed E-state index contributed by atoms with van der Waals surface area (Å²) in [7, 11) is 0. The van der Waals surface area contributed by atoms with Gasteiger partial charge in [-0.1, -0.05) is 40.2 Å². The van der Waals surface area contributed by atoms with Crippen molar-refractivity contribution in [2.75, 3.05) is 0 Å². The summed E-state index contributed by atoms with van der Waals surface area (Å²) < 4.78 is 2.37. The fourth-order valence-electron chi connectivity index (χ4n) is 1.96. The summed E-state index contributed by atoms with van der Waals surface area (Å²) in [6.07, 6.45) is 0.878. The molecule has 0 aromatic heterocycles. The summed E-state index contributed by atoms with van der Waals surface area (Å²) in [4.78, 5) is 0. The van der Waals surface area contributed by atoms with Crippen LogP contribution >= 0.6 is 38.5 Å². The molecule has 0 amide bonds. The molecule has 0 saturated carbocycles. The Morgan fingerprint density at radius 3 is 2.47 bits per heavy atom. The lowest BCUT2D eigenvalue weighted by Gasteiger charge is -2.17. The number of benzene rings is 2. The molecule has 0 radical (unpaired) electrons. The summed E-state index contributed by atoms with van der Waals surface area (Å²) in [6, 6.07) is 15.0. The van der Waals surface area contributed by atoms with Gasteiger partial charge in [0.15, 0.2) is 0 Å². The van der Waals surface area contributed by atoms with E-state index in [0.29, 0.717) is 0 Å². The van der Waals surface area contributed by atoms with E-state index in [2.05, 4.69) is 93.3 Å². The van der Waals surface area contributed by atoms with E-state index < -0.39 is 0 Å². The van der Waals surface area contributed by atoms with Crippen LogP contribution in [0.5, 0.6) is 0 Å². The molecule has 19 heavy (non-hydrogen) atoms. The van der Waals surface area contributed by atoms with E-state index in [4.69, 9.17) is 5.84 Å². The normalized spacial score (nSPS) is 12.4. The van der Waals surface area contributed by atoms with Gasteiger partial charge in [0.2, 0.25) is 0 Å². The van der Waals surface area contributed by atoms with Crippen LogP contribution in [0.3, 0.4) is 0 Å². The Bertz CT molecular complexity index is 555. The molecule has 2 nitrogen and oxygen atoms in total. The number of nitrogens with one attached hydrogen (secondary N) is 1. The van der Waals surface area contributed by atoms with Gasteiger partial charge in [0.25, 0.3) is 0 Å². The van der Waals surface area contributed by atoms with Crippen molar-refractivity contribution in [2.24, 2.45) is 5.84 Å². The minimum Gasteiger partial charge on any atom is -0.271 e. The molecule has 100 valence electrons. The van der Waals surface area contributed by atoms with Crippen LogP contribution in [0.1, 0.15) is 22.7 Å². The van der Waals surface area contributed by atoms with Gasteiger partial charge in [-0.15, -0.1) is 0 Å². The molecule has 1 unspecified atom stereocenters. The van der Waals surface area contributed by atoms with Crippen molar-refractivity contribution in [1.82, 2.24) is 5.43 Å². The Kier molecular flexibility index (Phi) is 5.38. The fraction of sp³-hybridized carbons (Fsp3) is 0.200. The molecule has 0 bridgehead atoms. The predicted octanol–water partition coefficient (Wildman–Crippen LogP) is 4.11. The van der Waals surface area contributed by atoms with Crippen molar-refractivity contribution >= 4 is 38.5 Å². The first kappa shape index (κ1) is 15.0. The van der Waals surface area contributed by atoms with Crippen molar-refractivity contribution in [1.29, 1.82) is 0 Å². The predicted molar refractivity (Wildman–Crippen MR) is 91.8 cm³/mol. The van der Waals surface area contributed by atoms with E-state index in [9.17, 15) is 0 Å². The average molecular weight is 431 g/mol. The third-order valence-electron chi connectivity index (χ3n) is 3.15. The van der Waals surface area contributed by atoms with Gasteiger partial charge in [-0.3, -0.25) is 11.3 Å². The van der Waals surface area contributed by atoms with Crippen molar-refractivity contribution in [2.45, 2.75) is 19.4 Å². The SMILES string of the molecule is Cc1ccc(C(Cc2ccc(I)cc2)NN)cc1Br. The maximum atomic E-state index is 5.70.